The number of phenolic OH excluding ortho intramolecular Hbond substituents is 2. The summed E-state index contributed by atoms with van der Waals surface area (Å²) in [5.74, 6) is -0.396. The zero-order valence-corrected chi connectivity index (χ0v) is 7.44. The van der Waals surface area contributed by atoms with E-state index >= 15 is 0 Å². The molecular formula is C10H8BNO2. The van der Waals surface area contributed by atoms with Gasteiger partial charge in [0, 0.05) is 5.56 Å². The van der Waals surface area contributed by atoms with Crippen LogP contribution in [0.4, 0.5) is 0 Å². The minimum Gasteiger partial charge on any atom is -0.504 e. The molecule has 0 amide bonds. The van der Waals surface area contributed by atoms with Crippen LogP contribution in [0, 0.1) is 0 Å². The lowest BCUT2D eigenvalue weighted by atomic mass is 9.87. The molecule has 68 valence electrons. The SMILES string of the molecule is [B]c1ccc(O)c(O)c1C1=NCC=C1. The first-order chi connectivity index (χ1) is 6.70. The number of aliphatic imine (C=N–C) groups is 1. The molecule has 1 aliphatic heterocycles. The van der Waals surface area contributed by atoms with Crippen LogP contribution in [0.1, 0.15) is 5.56 Å². The molecule has 0 bridgehead atoms. The first-order valence-corrected chi connectivity index (χ1v) is 4.22. The zero-order valence-electron chi connectivity index (χ0n) is 7.44. The van der Waals surface area contributed by atoms with E-state index in [4.69, 9.17) is 7.85 Å². The minimum absolute atomic E-state index is 0.183. The van der Waals surface area contributed by atoms with Crippen LogP contribution in [-0.4, -0.2) is 30.3 Å². The molecule has 1 aromatic rings. The van der Waals surface area contributed by atoms with Crippen molar-refractivity contribution in [2.75, 3.05) is 6.54 Å². The van der Waals surface area contributed by atoms with Crippen molar-refractivity contribution in [2.24, 2.45) is 4.99 Å². The second-order valence-corrected chi connectivity index (χ2v) is 3.03. The highest BCUT2D eigenvalue weighted by molar-refractivity contribution is 6.38. The van der Waals surface area contributed by atoms with Gasteiger partial charge in [-0.25, -0.2) is 0 Å². The lowest BCUT2D eigenvalue weighted by Gasteiger charge is -2.08. The van der Waals surface area contributed by atoms with E-state index in [-0.39, 0.29) is 11.5 Å². The Hall–Kier alpha value is -1.71. The van der Waals surface area contributed by atoms with E-state index in [9.17, 15) is 10.2 Å². The molecule has 0 unspecified atom stereocenters. The number of hydrogen-bond acceptors (Lipinski definition) is 3. The third-order valence-corrected chi connectivity index (χ3v) is 2.09. The van der Waals surface area contributed by atoms with Gasteiger partial charge in [0.2, 0.25) is 0 Å². The molecule has 0 saturated heterocycles. The molecule has 2 N–H and O–H groups in total. The molecule has 0 fully saturated rings. The van der Waals surface area contributed by atoms with Gasteiger partial charge in [-0.2, -0.15) is 0 Å². The summed E-state index contributed by atoms with van der Waals surface area (Å²) in [6.07, 6.45) is 3.63. The lowest BCUT2D eigenvalue weighted by Crippen LogP contribution is -2.14. The van der Waals surface area contributed by atoms with Gasteiger partial charge in [-0.05, 0) is 12.1 Å². The summed E-state index contributed by atoms with van der Waals surface area (Å²) < 4.78 is 0. The van der Waals surface area contributed by atoms with Crippen molar-refractivity contribution in [1.82, 2.24) is 0 Å². The second kappa shape index (κ2) is 3.22. The summed E-state index contributed by atoms with van der Waals surface area (Å²) in [6.45, 7) is 0.587. The number of nitrogens with zero attached hydrogens (tertiary/aromatic N) is 1. The highest BCUT2D eigenvalue weighted by Gasteiger charge is 2.14. The van der Waals surface area contributed by atoms with E-state index in [0.717, 1.165) is 0 Å². The molecule has 0 aromatic heterocycles. The Bertz CT molecular complexity index is 438. The topological polar surface area (TPSA) is 52.8 Å². The van der Waals surface area contributed by atoms with Crippen molar-refractivity contribution < 1.29 is 10.2 Å². The Labute approximate surface area is 82.8 Å². The van der Waals surface area contributed by atoms with Gasteiger partial charge in [0.15, 0.2) is 11.5 Å². The summed E-state index contributed by atoms with van der Waals surface area (Å²) in [4.78, 5) is 4.12. The van der Waals surface area contributed by atoms with E-state index in [0.29, 0.717) is 23.3 Å². The fraction of sp³-hybridized carbons (Fsp3) is 0.100. The second-order valence-electron chi connectivity index (χ2n) is 3.03. The molecular weight excluding hydrogens is 177 g/mol. The number of allylic oxidation sites excluding steroid dienone is 1. The normalized spacial score (nSPS) is 14.4. The molecule has 0 saturated carbocycles. The van der Waals surface area contributed by atoms with Crippen LogP contribution in [0.3, 0.4) is 0 Å². The van der Waals surface area contributed by atoms with Gasteiger partial charge in [-0.15, -0.1) is 0 Å². The molecule has 0 atom stereocenters. The summed E-state index contributed by atoms with van der Waals surface area (Å²) in [5, 5.41) is 18.9. The Balaban J connectivity index is 2.61. The summed E-state index contributed by atoms with van der Waals surface area (Å²) in [6, 6.07) is 2.90. The molecule has 3 nitrogen and oxygen atoms in total. The van der Waals surface area contributed by atoms with Crippen molar-refractivity contribution in [3.63, 3.8) is 0 Å². The maximum atomic E-state index is 9.59. The molecule has 2 radical (unpaired) electrons. The quantitative estimate of drug-likeness (QED) is 0.486. The number of hydrogen-bond donors (Lipinski definition) is 2. The minimum atomic E-state index is -0.213. The van der Waals surface area contributed by atoms with Gasteiger partial charge in [0.05, 0.1) is 12.3 Å². The van der Waals surface area contributed by atoms with Crippen molar-refractivity contribution in [1.29, 1.82) is 0 Å². The Morgan fingerprint density at radius 2 is 2.07 bits per heavy atom. The van der Waals surface area contributed by atoms with Crippen LogP contribution in [0.2, 0.25) is 0 Å². The number of phenols is 2. The highest BCUT2D eigenvalue weighted by atomic mass is 16.3. The lowest BCUT2D eigenvalue weighted by molar-refractivity contribution is 0.403. The molecule has 0 aliphatic carbocycles. The molecule has 2 rings (SSSR count). The summed E-state index contributed by atoms with van der Waals surface area (Å²) in [7, 11) is 5.68. The van der Waals surface area contributed by atoms with Crippen molar-refractivity contribution in [3.8, 4) is 11.5 Å². The predicted octanol–water partition coefficient (Wildman–Crippen LogP) is 0.250. The zero-order chi connectivity index (χ0) is 10.1. The van der Waals surface area contributed by atoms with E-state index in [1.54, 1.807) is 12.1 Å². The fourth-order valence-electron chi connectivity index (χ4n) is 1.40. The van der Waals surface area contributed by atoms with Crippen LogP contribution in [-0.2, 0) is 0 Å². The number of aromatic hydroxyl groups is 2. The third-order valence-electron chi connectivity index (χ3n) is 2.09. The van der Waals surface area contributed by atoms with E-state index in [2.05, 4.69) is 4.99 Å². The highest BCUT2D eigenvalue weighted by Crippen LogP contribution is 2.28. The third kappa shape index (κ3) is 1.29. The Morgan fingerprint density at radius 1 is 1.29 bits per heavy atom. The van der Waals surface area contributed by atoms with Crippen LogP contribution < -0.4 is 5.46 Å². The van der Waals surface area contributed by atoms with Gasteiger partial charge in [-0.1, -0.05) is 17.6 Å². The Kier molecular flexibility index (Phi) is 2.04. The van der Waals surface area contributed by atoms with Crippen LogP contribution in [0.15, 0.2) is 29.3 Å². The fourth-order valence-corrected chi connectivity index (χ4v) is 1.40. The first kappa shape index (κ1) is 8.87. The number of benzene rings is 1. The van der Waals surface area contributed by atoms with Crippen LogP contribution >= 0.6 is 0 Å². The predicted molar refractivity (Wildman–Crippen MR) is 55.7 cm³/mol. The standard InChI is InChI=1S/C10H8BNO2/c11-6-3-4-8(13)10(14)9(6)7-2-1-5-12-7/h1-4,13-14H,5H2. The first-order valence-electron chi connectivity index (χ1n) is 4.22. The van der Waals surface area contributed by atoms with E-state index in [1.165, 1.54) is 6.07 Å². The molecule has 4 heteroatoms. The van der Waals surface area contributed by atoms with Gasteiger partial charge in [0.1, 0.15) is 7.85 Å². The molecule has 1 aliphatic rings. The van der Waals surface area contributed by atoms with Gasteiger partial charge < -0.3 is 10.2 Å². The van der Waals surface area contributed by atoms with Gasteiger partial charge >= 0.3 is 0 Å². The van der Waals surface area contributed by atoms with Crippen molar-refractivity contribution >= 4 is 19.0 Å². The van der Waals surface area contributed by atoms with E-state index in [1.807, 2.05) is 6.08 Å². The maximum absolute atomic E-state index is 9.59. The van der Waals surface area contributed by atoms with Crippen LogP contribution in [0.25, 0.3) is 0 Å². The van der Waals surface area contributed by atoms with Crippen molar-refractivity contribution in [3.05, 3.63) is 29.8 Å². The smallest absolute Gasteiger partial charge is 0.166 e. The molecule has 1 aromatic carbocycles. The van der Waals surface area contributed by atoms with Gasteiger partial charge in [0.25, 0.3) is 0 Å². The van der Waals surface area contributed by atoms with Crippen LogP contribution in [0.5, 0.6) is 11.5 Å². The van der Waals surface area contributed by atoms with Crippen molar-refractivity contribution in [2.45, 2.75) is 0 Å². The largest absolute Gasteiger partial charge is 0.504 e. The Morgan fingerprint density at radius 3 is 2.71 bits per heavy atom. The monoisotopic (exact) mass is 185 g/mol. The summed E-state index contributed by atoms with van der Waals surface area (Å²) in [5.41, 5.74) is 1.42. The average Bonchev–Trinajstić information content (AvgIpc) is 2.65. The van der Waals surface area contributed by atoms with E-state index < -0.39 is 0 Å². The average molecular weight is 185 g/mol. The molecule has 1 heterocycles. The summed E-state index contributed by atoms with van der Waals surface area (Å²) >= 11 is 0. The molecule has 0 spiro atoms. The molecule has 14 heavy (non-hydrogen) atoms. The number of rotatable bonds is 1. The van der Waals surface area contributed by atoms with Gasteiger partial charge in [-0.3, -0.25) is 4.99 Å². The maximum Gasteiger partial charge on any atom is 0.166 e.